The van der Waals surface area contributed by atoms with Gasteiger partial charge in [0.2, 0.25) is 17.7 Å². The highest BCUT2D eigenvalue weighted by atomic mass is 31.2. The number of nitrogens with one attached hydrogen (secondary N) is 3. The third-order valence-electron chi connectivity index (χ3n) is 18.0. The van der Waals surface area contributed by atoms with E-state index in [0.29, 0.717) is 38.9 Å². The van der Waals surface area contributed by atoms with E-state index >= 15 is 0 Å². The van der Waals surface area contributed by atoms with Gasteiger partial charge in [0, 0.05) is 25.8 Å². The van der Waals surface area contributed by atoms with Crippen molar-refractivity contribution in [3.05, 3.63) is 108 Å². The number of amides is 3. The zero-order valence-electron chi connectivity index (χ0n) is 61.2. The fourth-order valence-corrected chi connectivity index (χ4v) is 13.4. The maximum absolute atomic E-state index is 14.5. The first-order chi connectivity index (χ1) is 47.7. The third-order valence-corrected chi connectivity index (χ3v) is 19.4. The van der Waals surface area contributed by atoms with Crippen molar-refractivity contribution in [2.45, 2.75) is 341 Å². The molecule has 17 nitrogen and oxygen atoms in total. The third kappa shape index (κ3) is 43.6. The van der Waals surface area contributed by atoms with Crippen LogP contribution >= 0.6 is 7.82 Å². The highest BCUT2D eigenvalue weighted by Gasteiger charge is 2.33. The van der Waals surface area contributed by atoms with Gasteiger partial charge in [-0.25, -0.2) is 4.57 Å². The summed E-state index contributed by atoms with van der Waals surface area (Å²) in [7, 11) is -4.27. The lowest BCUT2D eigenvalue weighted by Gasteiger charge is -2.23. The molecule has 1 saturated heterocycles. The van der Waals surface area contributed by atoms with Gasteiger partial charge < -0.3 is 39.6 Å². The average Bonchev–Trinajstić information content (AvgIpc) is 1.46. The van der Waals surface area contributed by atoms with E-state index in [0.717, 1.165) is 107 Å². The van der Waals surface area contributed by atoms with Crippen LogP contribution < -0.4 is 16.0 Å². The van der Waals surface area contributed by atoms with E-state index in [2.05, 4.69) is 36.7 Å². The molecule has 0 aliphatic carbocycles. The summed E-state index contributed by atoms with van der Waals surface area (Å²) in [5, 5.41) is 9.09. The van der Waals surface area contributed by atoms with Crippen LogP contribution in [-0.2, 0) is 85.6 Å². The summed E-state index contributed by atoms with van der Waals surface area (Å²) >= 11 is 0. The van der Waals surface area contributed by atoms with Crippen LogP contribution in [0.5, 0.6) is 0 Å². The SMILES string of the molecule is CCCCCCCCCCCC(=O)O[C@H](CCCCCCCCCCC)CC(=O)N[C@@H](CCOP(=O)(OCc1ccccc1)OCc1ccccc1)C(=O)NCCC[C@H](COC(=O)CCCCC1COC(C)(C)O1)NC(=O)C[C@@H](CCCCCCCCCCC)OCc1ccccc1. The van der Waals surface area contributed by atoms with Crippen molar-refractivity contribution < 1.29 is 65.8 Å². The van der Waals surface area contributed by atoms with Gasteiger partial charge >= 0.3 is 19.8 Å². The standard InChI is InChI=1S/C80H130N3O14P/c1-6-9-12-15-18-21-24-27-39-52-71(90-62-67-45-33-30-34-46-67)60-75(84)82-70(65-91-77(86)55-43-42-54-73-66-92-80(4,5)97-73)51-44-58-81-79(88)74(57-59-93-98(89,94-63-68-47-35-31-36-48-68)95-64-69-49-37-32-38-50-69)83-76(85)61-72(53-40-28-25-22-19-16-13-10-7-2)96-78(87)56-41-29-26-23-20-17-14-11-8-3/h30-38,45-50,70-74H,6-29,39-44,51-66H2,1-5H3,(H,81,88)(H,82,84)(H,83,85)/t70-,71-,72-,73?,74+/m1/s1. The summed E-state index contributed by atoms with van der Waals surface area (Å²) < 4.78 is 62.3. The zero-order valence-corrected chi connectivity index (χ0v) is 62.1. The Labute approximate surface area is 591 Å². The maximum atomic E-state index is 14.5. The number of hydrogen-bond donors (Lipinski definition) is 3. The molecule has 3 amide bonds. The molecule has 5 atom stereocenters. The minimum Gasteiger partial charge on any atom is -0.463 e. The highest BCUT2D eigenvalue weighted by Crippen LogP contribution is 2.51. The molecule has 1 fully saturated rings. The summed E-state index contributed by atoms with van der Waals surface area (Å²) in [5.41, 5.74) is 2.52. The Kier molecular flexibility index (Phi) is 47.7. The Morgan fingerprint density at radius 2 is 0.949 bits per heavy atom. The van der Waals surface area contributed by atoms with Crippen LogP contribution in [0.25, 0.3) is 0 Å². The van der Waals surface area contributed by atoms with Gasteiger partial charge in [-0.2, -0.15) is 0 Å². The summed E-state index contributed by atoms with van der Waals surface area (Å²) in [6.07, 6.45) is 34.0. The smallest absolute Gasteiger partial charge is 0.463 e. The first-order valence-corrected chi connectivity index (χ1v) is 39.9. The molecular formula is C80H130N3O14P. The van der Waals surface area contributed by atoms with Gasteiger partial charge in [-0.05, 0) is 81.9 Å². The van der Waals surface area contributed by atoms with Crippen molar-refractivity contribution in [3.8, 4) is 0 Å². The number of carbonyl (C=O) groups is 5. The lowest BCUT2D eigenvalue weighted by atomic mass is 10.0. The van der Waals surface area contributed by atoms with Gasteiger partial charge in [0.25, 0.3) is 0 Å². The van der Waals surface area contributed by atoms with E-state index in [9.17, 15) is 28.5 Å². The van der Waals surface area contributed by atoms with Crippen LogP contribution in [0.15, 0.2) is 91.0 Å². The van der Waals surface area contributed by atoms with E-state index in [4.69, 9.17) is 37.3 Å². The van der Waals surface area contributed by atoms with E-state index in [-0.39, 0.29) is 95.1 Å². The van der Waals surface area contributed by atoms with E-state index in [1.165, 1.54) is 103 Å². The molecular weight excluding hydrogens is 1260 g/mol. The van der Waals surface area contributed by atoms with Crippen molar-refractivity contribution in [2.75, 3.05) is 26.4 Å². The lowest BCUT2D eigenvalue weighted by Crippen LogP contribution is -2.48. The Hall–Kier alpha value is -5.00. The van der Waals surface area contributed by atoms with Crippen LogP contribution in [-0.4, -0.2) is 92.2 Å². The average molecular weight is 1390 g/mol. The Morgan fingerprint density at radius 1 is 0.500 bits per heavy atom. The predicted molar refractivity (Wildman–Crippen MR) is 391 cm³/mol. The number of rotatable bonds is 62. The quantitative estimate of drug-likeness (QED) is 0.0273. The molecule has 1 unspecified atom stereocenters. The van der Waals surface area contributed by atoms with Crippen LogP contribution in [0.3, 0.4) is 0 Å². The molecule has 18 heteroatoms. The van der Waals surface area contributed by atoms with E-state index < -0.39 is 43.6 Å². The van der Waals surface area contributed by atoms with Crippen LogP contribution in [0.4, 0.5) is 0 Å². The molecule has 98 heavy (non-hydrogen) atoms. The molecule has 1 aliphatic rings. The number of benzene rings is 3. The second-order valence-corrected chi connectivity index (χ2v) is 29.2. The molecule has 0 radical (unpaired) electrons. The maximum Gasteiger partial charge on any atom is 0.475 e. The Morgan fingerprint density at radius 3 is 1.46 bits per heavy atom. The molecule has 3 N–H and O–H groups in total. The number of phosphoric ester groups is 1. The number of hydrogen-bond acceptors (Lipinski definition) is 14. The molecule has 1 aliphatic heterocycles. The second-order valence-electron chi connectivity index (χ2n) is 27.5. The molecule has 1 heterocycles. The second kappa shape index (κ2) is 54.7. The summed E-state index contributed by atoms with van der Waals surface area (Å²) in [5.74, 6) is -2.55. The van der Waals surface area contributed by atoms with Crippen molar-refractivity contribution in [3.63, 3.8) is 0 Å². The molecule has 0 spiro atoms. The van der Waals surface area contributed by atoms with E-state index in [1.54, 1.807) is 0 Å². The van der Waals surface area contributed by atoms with Gasteiger partial charge in [-0.1, -0.05) is 279 Å². The van der Waals surface area contributed by atoms with Crippen molar-refractivity contribution in [1.82, 2.24) is 16.0 Å². The number of carbonyl (C=O) groups excluding carboxylic acids is 5. The van der Waals surface area contributed by atoms with Crippen molar-refractivity contribution in [1.29, 1.82) is 0 Å². The Bertz CT molecular complexity index is 2520. The number of esters is 2. The van der Waals surface area contributed by atoms with Gasteiger partial charge in [0.1, 0.15) is 18.8 Å². The van der Waals surface area contributed by atoms with Crippen LogP contribution in [0, 0.1) is 0 Å². The minimum atomic E-state index is -4.27. The zero-order chi connectivity index (χ0) is 70.4. The molecule has 0 saturated carbocycles. The summed E-state index contributed by atoms with van der Waals surface area (Å²) in [6.45, 7) is 11.0. The first-order valence-electron chi connectivity index (χ1n) is 38.5. The van der Waals surface area contributed by atoms with Crippen LogP contribution in [0.2, 0.25) is 0 Å². The van der Waals surface area contributed by atoms with Crippen LogP contribution in [0.1, 0.15) is 302 Å². The minimum absolute atomic E-state index is 0.0305. The van der Waals surface area contributed by atoms with E-state index in [1.807, 2.05) is 105 Å². The fourth-order valence-electron chi connectivity index (χ4n) is 12.2. The number of unbranched alkanes of at least 4 members (excludes halogenated alkanes) is 25. The van der Waals surface area contributed by atoms with Gasteiger partial charge in [-0.15, -0.1) is 0 Å². The molecule has 0 aromatic heterocycles. The molecule has 3 aromatic carbocycles. The normalized spacial score (nSPS) is 14.9. The molecule has 554 valence electrons. The monoisotopic (exact) mass is 1390 g/mol. The lowest BCUT2D eigenvalue weighted by molar-refractivity contribution is -0.151. The molecule has 3 aromatic rings. The first kappa shape index (κ1) is 85.4. The summed E-state index contributed by atoms with van der Waals surface area (Å²) in [6, 6.07) is 26.6. The molecule has 0 bridgehead atoms. The number of phosphoric acid groups is 1. The Balaban J connectivity index is 1.49. The van der Waals surface area contributed by atoms with Gasteiger partial charge in [0.15, 0.2) is 5.79 Å². The predicted octanol–water partition coefficient (Wildman–Crippen LogP) is 19.1. The summed E-state index contributed by atoms with van der Waals surface area (Å²) in [4.78, 5) is 69.8. The number of ether oxygens (including phenoxy) is 5. The highest BCUT2D eigenvalue weighted by molar-refractivity contribution is 7.48. The van der Waals surface area contributed by atoms with Crippen molar-refractivity contribution >= 4 is 37.5 Å². The van der Waals surface area contributed by atoms with Gasteiger partial charge in [-0.3, -0.25) is 37.5 Å². The fraction of sp³-hybridized carbons (Fsp3) is 0.713. The molecule has 4 rings (SSSR count). The topological polar surface area (TPSA) is 212 Å². The van der Waals surface area contributed by atoms with Crippen molar-refractivity contribution in [2.24, 2.45) is 0 Å². The van der Waals surface area contributed by atoms with Gasteiger partial charge in [0.05, 0.1) is 64.1 Å². The largest absolute Gasteiger partial charge is 0.475 e.